The number of aromatic nitrogens is 2. The molecule has 5 heterocycles. The fourth-order valence-electron chi connectivity index (χ4n) is 5.58. The summed E-state index contributed by atoms with van der Waals surface area (Å²) in [6.45, 7) is 8.92. The number of pyridine rings is 1. The first-order valence-electron chi connectivity index (χ1n) is 11.2. The van der Waals surface area contributed by atoms with Crippen LogP contribution in [0.15, 0.2) is 47.4 Å². The van der Waals surface area contributed by atoms with E-state index in [0.717, 1.165) is 30.0 Å². The van der Waals surface area contributed by atoms with Crippen molar-refractivity contribution in [3.63, 3.8) is 0 Å². The van der Waals surface area contributed by atoms with Crippen LogP contribution in [0.4, 0.5) is 11.4 Å². The SMILES string of the molecule is Cc1oncc1C(=O)N1CC2(C1)CN(c1cncc(N3C(=O)c4ccc(Cl)cc4C3(C)C)c1)C2. The van der Waals surface area contributed by atoms with E-state index in [9.17, 15) is 9.59 Å². The molecule has 9 heteroatoms. The molecule has 0 radical (unpaired) electrons. The Balaban J connectivity index is 1.17. The van der Waals surface area contributed by atoms with Gasteiger partial charge in [0.15, 0.2) is 0 Å². The average molecular weight is 478 g/mol. The molecule has 2 saturated heterocycles. The Morgan fingerprint density at radius 2 is 1.79 bits per heavy atom. The van der Waals surface area contributed by atoms with Crippen LogP contribution in [0, 0.1) is 12.3 Å². The first-order valence-corrected chi connectivity index (χ1v) is 11.6. The number of amides is 2. The second kappa shape index (κ2) is 7.06. The molecular weight excluding hydrogens is 454 g/mol. The van der Waals surface area contributed by atoms with Gasteiger partial charge in [-0.25, -0.2) is 0 Å². The molecule has 8 nitrogen and oxygen atoms in total. The molecule has 6 rings (SSSR count). The van der Waals surface area contributed by atoms with Crippen molar-refractivity contribution >= 4 is 34.8 Å². The van der Waals surface area contributed by atoms with Gasteiger partial charge in [-0.3, -0.25) is 19.5 Å². The van der Waals surface area contributed by atoms with Gasteiger partial charge in [0.05, 0.1) is 35.5 Å². The number of benzene rings is 1. The summed E-state index contributed by atoms with van der Waals surface area (Å²) in [7, 11) is 0. The number of carbonyl (C=O) groups excluding carboxylic acids is 2. The van der Waals surface area contributed by atoms with Crippen molar-refractivity contribution in [3.05, 3.63) is 70.3 Å². The van der Waals surface area contributed by atoms with Gasteiger partial charge in [-0.05, 0) is 50.6 Å². The smallest absolute Gasteiger partial charge is 0.259 e. The minimum atomic E-state index is -0.539. The van der Waals surface area contributed by atoms with Gasteiger partial charge in [0.2, 0.25) is 0 Å². The highest BCUT2D eigenvalue weighted by Crippen LogP contribution is 2.45. The fourth-order valence-corrected chi connectivity index (χ4v) is 5.75. The van der Waals surface area contributed by atoms with Gasteiger partial charge in [-0.2, -0.15) is 0 Å². The lowest BCUT2D eigenvalue weighted by Gasteiger charge is -2.60. The van der Waals surface area contributed by atoms with E-state index in [1.807, 2.05) is 37.1 Å². The fraction of sp³-hybridized carbons (Fsp3) is 0.360. The minimum Gasteiger partial charge on any atom is -0.369 e. The number of carbonyl (C=O) groups is 2. The minimum absolute atomic E-state index is 0.0269. The monoisotopic (exact) mass is 477 g/mol. The molecule has 0 bridgehead atoms. The number of rotatable bonds is 3. The van der Waals surface area contributed by atoms with Crippen LogP contribution in [0.1, 0.15) is 45.9 Å². The molecule has 2 amide bonds. The third-order valence-electron chi connectivity index (χ3n) is 7.34. The maximum atomic E-state index is 13.3. The van der Waals surface area contributed by atoms with E-state index in [1.165, 1.54) is 6.20 Å². The van der Waals surface area contributed by atoms with Crippen molar-refractivity contribution in [1.82, 2.24) is 15.0 Å². The number of fused-ring (bicyclic) bond motifs is 1. The number of likely N-dealkylation sites (tertiary alicyclic amines) is 1. The van der Waals surface area contributed by atoms with Crippen LogP contribution in [0.5, 0.6) is 0 Å². The second-order valence-corrected chi connectivity index (χ2v) is 10.5. The van der Waals surface area contributed by atoms with Crippen LogP contribution in [0.2, 0.25) is 5.02 Å². The summed E-state index contributed by atoms with van der Waals surface area (Å²) < 4.78 is 5.03. The molecule has 3 aliphatic rings. The standard InChI is InChI=1S/C25H24ClN5O3/c1-15-20(10-28-34-15)22(32)30-13-25(14-30)11-29(12-25)17-7-18(9-27-8-17)31-23(33)19-5-4-16(26)6-21(19)24(31,2)3/h4-10H,11-14H2,1-3H3. The van der Waals surface area contributed by atoms with Crippen molar-refractivity contribution in [2.75, 3.05) is 36.0 Å². The highest BCUT2D eigenvalue weighted by molar-refractivity contribution is 6.31. The maximum absolute atomic E-state index is 13.3. The number of aryl methyl sites for hydroxylation is 1. The summed E-state index contributed by atoms with van der Waals surface area (Å²) in [6, 6.07) is 7.44. The number of hydrogen-bond donors (Lipinski definition) is 0. The number of hydrogen-bond acceptors (Lipinski definition) is 6. The van der Waals surface area contributed by atoms with Gasteiger partial charge < -0.3 is 14.3 Å². The molecule has 1 aromatic carbocycles. The number of halogens is 1. The molecule has 3 aliphatic heterocycles. The van der Waals surface area contributed by atoms with Crippen molar-refractivity contribution in [3.8, 4) is 0 Å². The Labute approximate surface area is 202 Å². The highest BCUT2D eigenvalue weighted by Gasteiger charge is 2.54. The zero-order chi connectivity index (χ0) is 23.8. The van der Waals surface area contributed by atoms with Crippen LogP contribution >= 0.6 is 11.6 Å². The Bertz CT molecular complexity index is 1340. The van der Waals surface area contributed by atoms with Crippen LogP contribution < -0.4 is 9.80 Å². The predicted octanol–water partition coefficient (Wildman–Crippen LogP) is 3.89. The zero-order valence-corrected chi connectivity index (χ0v) is 20.0. The molecule has 0 aliphatic carbocycles. The lowest BCUT2D eigenvalue weighted by Crippen LogP contribution is -2.73. The third kappa shape index (κ3) is 2.98. The maximum Gasteiger partial charge on any atom is 0.259 e. The number of nitrogens with zero attached hydrogens (tertiary/aromatic N) is 5. The van der Waals surface area contributed by atoms with Crippen LogP contribution in [-0.2, 0) is 5.54 Å². The second-order valence-electron chi connectivity index (χ2n) is 10.1. The van der Waals surface area contributed by atoms with E-state index >= 15 is 0 Å². The Hall–Kier alpha value is -3.39. The van der Waals surface area contributed by atoms with Crippen molar-refractivity contribution < 1.29 is 14.1 Å². The Morgan fingerprint density at radius 1 is 1.06 bits per heavy atom. The largest absolute Gasteiger partial charge is 0.369 e. The molecule has 0 saturated carbocycles. The van der Waals surface area contributed by atoms with Crippen LogP contribution in [-0.4, -0.2) is 53.0 Å². The summed E-state index contributed by atoms with van der Waals surface area (Å²) in [5.41, 5.74) is 3.41. The van der Waals surface area contributed by atoms with Gasteiger partial charge in [-0.1, -0.05) is 16.8 Å². The Kier molecular flexibility index (Phi) is 4.39. The van der Waals surface area contributed by atoms with Crippen molar-refractivity contribution in [1.29, 1.82) is 0 Å². The van der Waals surface area contributed by atoms with E-state index in [4.69, 9.17) is 16.1 Å². The van der Waals surface area contributed by atoms with Gasteiger partial charge in [-0.15, -0.1) is 0 Å². The van der Waals surface area contributed by atoms with Gasteiger partial charge in [0.1, 0.15) is 11.3 Å². The average Bonchev–Trinajstić information content (AvgIpc) is 3.25. The van der Waals surface area contributed by atoms with Gasteiger partial charge >= 0.3 is 0 Å². The summed E-state index contributed by atoms with van der Waals surface area (Å²) in [6.07, 6.45) is 5.05. The molecule has 2 fully saturated rings. The zero-order valence-electron chi connectivity index (χ0n) is 19.2. The molecule has 0 atom stereocenters. The summed E-state index contributed by atoms with van der Waals surface area (Å²) in [5, 5.41) is 4.32. The molecular formula is C25H24ClN5O3. The lowest BCUT2D eigenvalue weighted by molar-refractivity contribution is -0.0106. The Morgan fingerprint density at radius 3 is 2.50 bits per heavy atom. The number of anilines is 2. The van der Waals surface area contributed by atoms with E-state index in [2.05, 4.69) is 15.0 Å². The predicted molar refractivity (Wildman–Crippen MR) is 127 cm³/mol. The van der Waals surface area contributed by atoms with Gasteiger partial charge in [0, 0.05) is 42.2 Å². The molecule has 1 spiro atoms. The van der Waals surface area contributed by atoms with Crippen LogP contribution in [0.3, 0.4) is 0 Å². The van der Waals surface area contributed by atoms with Crippen molar-refractivity contribution in [2.45, 2.75) is 26.3 Å². The van der Waals surface area contributed by atoms with E-state index in [0.29, 0.717) is 35.0 Å². The van der Waals surface area contributed by atoms with Crippen LogP contribution in [0.25, 0.3) is 0 Å². The normalized spacial score (nSPS) is 19.8. The molecule has 0 unspecified atom stereocenters. The molecule has 174 valence electrons. The molecule has 0 N–H and O–H groups in total. The summed E-state index contributed by atoms with van der Waals surface area (Å²) in [4.78, 5) is 36.2. The topological polar surface area (TPSA) is 82.8 Å². The summed E-state index contributed by atoms with van der Waals surface area (Å²) in [5.74, 6) is 0.474. The third-order valence-corrected chi connectivity index (χ3v) is 7.57. The van der Waals surface area contributed by atoms with E-state index in [-0.39, 0.29) is 17.2 Å². The molecule has 34 heavy (non-hydrogen) atoms. The first-order chi connectivity index (χ1) is 16.2. The van der Waals surface area contributed by atoms with Crippen molar-refractivity contribution in [2.24, 2.45) is 5.41 Å². The van der Waals surface area contributed by atoms with E-state index in [1.54, 1.807) is 30.2 Å². The van der Waals surface area contributed by atoms with Gasteiger partial charge in [0.25, 0.3) is 11.8 Å². The summed E-state index contributed by atoms with van der Waals surface area (Å²) >= 11 is 6.22. The quantitative estimate of drug-likeness (QED) is 0.569. The highest BCUT2D eigenvalue weighted by atomic mass is 35.5. The van der Waals surface area contributed by atoms with E-state index < -0.39 is 5.54 Å². The molecule has 2 aromatic heterocycles. The molecule has 3 aromatic rings. The lowest BCUT2D eigenvalue weighted by atomic mass is 9.72. The first kappa shape index (κ1) is 21.2.